The minimum atomic E-state index is -0.816. The Balaban J connectivity index is 1.62. The summed E-state index contributed by atoms with van der Waals surface area (Å²) < 4.78 is 5.94. The lowest BCUT2D eigenvalue weighted by Gasteiger charge is -2.26. The second-order valence-electron chi connectivity index (χ2n) is 7.25. The topological polar surface area (TPSA) is 75.7 Å². The van der Waals surface area contributed by atoms with Crippen LogP contribution < -0.4 is 15.0 Å². The molecule has 0 unspecified atom stereocenters. The standard InChI is InChI=1S/C25H19ClN2O4/c1-16-6-8-17(9-7-16)15-32-22-5-3-2-4-18(22)14-21-23(29)27-25(31)28(24(21)30)20-12-10-19(26)11-13-20/h2-14H,15H2,1H3,(H,27,29,31). The Kier molecular flexibility index (Phi) is 6.05. The van der Waals surface area contributed by atoms with E-state index in [1.165, 1.54) is 18.2 Å². The molecule has 0 saturated carbocycles. The molecule has 7 heteroatoms. The Bertz CT molecular complexity index is 1220. The van der Waals surface area contributed by atoms with E-state index in [0.717, 1.165) is 16.0 Å². The first kappa shape index (κ1) is 21.3. The molecule has 6 nitrogen and oxygen atoms in total. The van der Waals surface area contributed by atoms with Gasteiger partial charge in [0.05, 0.1) is 5.69 Å². The normalized spacial score (nSPS) is 15.1. The molecule has 1 heterocycles. The van der Waals surface area contributed by atoms with Gasteiger partial charge in [-0.25, -0.2) is 9.69 Å². The number of urea groups is 1. The fraction of sp³-hybridized carbons (Fsp3) is 0.0800. The molecule has 1 fully saturated rings. The summed E-state index contributed by atoms with van der Waals surface area (Å²) in [5.41, 5.74) is 2.82. The maximum atomic E-state index is 13.1. The first-order valence-corrected chi connectivity index (χ1v) is 10.2. The number of nitrogens with zero attached hydrogens (tertiary/aromatic N) is 1. The minimum absolute atomic E-state index is 0.175. The fourth-order valence-corrected chi connectivity index (χ4v) is 3.34. The lowest BCUT2D eigenvalue weighted by atomic mass is 10.1. The van der Waals surface area contributed by atoms with Gasteiger partial charge < -0.3 is 4.74 Å². The van der Waals surface area contributed by atoms with Gasteiger partial charge in [0, 0.05) is 10.6 Å². The summed E-state index contributed by atoms with van der Waals surface area (Å²) in [4.78, 5) is 38.8. The summed E-state index contributed by atoms with van der Waals surface area (Å²) in [5.74, 6) is -0.982. The molecule has 1 N–H and O–H groups in total. The van der Waals surface area contributed by atoms with E-state index in [0.29, 0.717) is 28.6 Å². The maximum absolute atomic E-state index is 13.1. The average molecular weight is 447 g/mol. The number of hydrogen-bond acceptors (Lipinski definition) is 4. The highest BCUT2D eigenvalue weighted by molar-refractivity contribution is 6.39. The van der Waals surface area contributed by atoms with Crippen molar-refractivity contribution >= 4 is 41.2 Å². The number of barbiturate groups is 1. The molecule has 3 aromatic carbocycles. The number of para-hydroxylation sites is 1. The van der Waals surface area contributed by atoms with Gasteiger partial charge in [0.15, 0.2) is 0 Å². The highest BCUT2D eigenvalue weighted by Crippen LogP contribution is 2.26. The SMILES string of the molecule is Cc1ccc(COc2ccccc2C=C2C(=O)NC(=O)N(c3ccc(Cl)cc3)C2=O)cc1. The zero-order valence-electron chi connectivity index (χ0n) is 17.2. The summed E-state index contributed by atoms with van der Waals surface area (Å²) in [6.45, 7) is 2.34. The monoisotopic (exact) mass is 446 g/mol. The van der Waals surface area contributed by atoms with E-state index in [1.54, 1.807) is 36.4 Å². The third kappa shape index (κ3) is 4.55. The molecule has 1 saturated heterocycles. The number of halogens is 1. The lowest BCUT2D eigenvalue weighted by molar-refractivity contribution is -0.122. The number of nitrogens with one attached hydrogen (secondary N) is 1. The van der Waals surface area contributed by atoms with Crippen LogP contribution in [0.1, 0.15) is 16.7 Å². The fourth-order valence-electron chi connectivity index (χ4n) is 3.21. The van der Waals surface area contributed by atoms with E-state index in [4.69, 9.17) is 16.3 Å². The van der Waals surface area contributed by atoms with Crippen LogP contribution in [0.25, 0.3) is 6.08 Å². The third-order valence-corrected chi connectivity index (χ3v) is 5.17. The molecule has 0 spiro atoms. The van der Waals surface area contributed by atoms with Crippen LogP contribution in [0.2, 0.25) is 5.02 Å². The van der Waals surface area contributed by atoms with Crippen molar-refractivity contribution in [1.29, 1.82) is 0 Å². The van der Waals surface area contributed by atoms with Crippen LogP contribution in [0.3, 0.4) is 0 Å². The average Bonchev–Trinajstić information content (AvgIpc) is 2.78. The molecule has 0 radical (unpaired) electrons. The molecule has 4 amide bonds. The zero-order valence-corrected chi connectivity index (χ0v) is 17.9. The van der Waals surface area contributed by atoms with Gasteiger partial charge in [-0.3, -0.25) is 14.9 Å². The van der Waals surface area contributed by atoms with Gasteiger partial charge in [0.25, 0.3) is 11.8 Å². The van der Waals surface area contributed by atoms with Crippen LogP contribution in [0.5, 0.6) is 5.75 Å². The van der Waals surface area contributed by atoms with Crippen LogP contribution >= 0.6 is 11.6 Å². The molecule has 0 atom stereocenters. The smallest absolute Gasteiger partial charge is 0.335 e. The van der Waals surface area contributed by atoms with E-state index in [-0.39, 0.29) is 5.57 Å². The number of imide groups is 2. The third-order valence-electron chi connectivity index (χ3n) is 4.92. The highest BCUT2D eigenvalue weighted by Gasteiger charge is 2.36. The molecule has 1 aliphatic rings. The molecule has 3 aromatic rings. The lowest BCUT2D eigenvalue weighted by Crippen LogP contribution is -2.54. The molecule has 4 rings (SSSR count). The summed E-state index contributed by atoms with van der Waals surface area (Å²) in [6.07, 6.45) is 1.43. The van der Waals surface area contributed by atoms with Crippen LogP contribution in [0, 0.1) is 6.92 Å². The number of benzene rings is 3. The molecule has 0 bridgehead atoms. The molecular formula is C25H19ClN2O4. The molecule has 32 heavy (non-hydrogen) atoms. The van der Waals surface area contributed by atoms with Crippen molar-refractivity contribution < 1.29 is 19.1 Å². The number of carbonyl (C=O) groups is 3. The number of anilines is 1. The predicted molar refractivity (Wildman–Crippen MR) is 122 cm³/mol. The zero-order chi connectivity index (χ0) is 22.7. The Morgan fingerprint density at radius 1 is 0.938 bits per heavy atom. The summed E-state index contributed by atoms with van der Waals surface area (Å²) in [7, 11) is 0. The Morgan fingerprint density at radius 2 is 1.62 bits per heavy atom. The van der Waals surface area contributed by atoms with E-state index in [9.17, 15) is 14.4 Å². The quantitative estimate of drug-likeness (QED) is 0.447. The minimum Gasteiger partial charge on any atom is -0.488 e. The van der Waals surface area contributed by atoms with Crippen LogP contribution in [0.15, 0.2) is 78.4 Å². The van der Waals surface area contributed by atoms with Gasteiger partial charge in [0.2, 0.25) is 0 Å². The maximum Gasteiger partial charge on any atom is 0.335 e. The van der Waals surface area contributed by atoms with Crippen molar-refractivity contribution in [2.45, 2.75) is 13.5 Å². The second kappa shape index (κ2) is 9.08. The Hall–Kier alpha value is -3.90. The highest BCUT2D eigenvalue weighted by atomic mass is 35.5. The summed E-state index contributed by atoms with van der Waals surface area (Å²) in [6, 6.07) is 20.4. The number of rotatable bonds is 5. The van der Waals surface area contributed by atoms with E-state index in [1.807, 2.05) is 31.2 Å². The van der Waals surface area contributed by atoms with Gasteiger partial charge in [-0.05, 0) is 48.9 Å². The van der Waals surface area contributed by atoms with Crippen molar-refractivity contribution in [3.05, 3.63) is 100 Å². The molecule has 0 aliphatic carbocycles. The van der Waals surface area contributed by atoms with Crippen molar-refractivity contribution in [3.8, 4) is 5.75 Å². The van der Waals surface area contributed by atoms with Crippen molar-refractivity contribution in [2.24, 2.45) is 0 Å². The van der Waals surface area contributed by atoms with E-state index < -0.39 is 17.8 Å². The largest absolute Gasteiger partial charge is 0.488 e. The number of hydrogen-bond donors (Lipinski definition) is 1. The first-order chi connectivity index (χ1) is 15.4. The Labute approximate surface area is 190 Å². The number of amides is 4. The summed E-state index contributed by atoms with van der Waals surface area (Å²) in [5, 5.41) is 2.67. The predicted octanol–water partition coefficient (Wildman–Crippen LogP) is 4.89. The molecular weight excluding hydrogens is 428 g/mol. The number of carbonyl (C=O) groups excluding carboxylic acids is 3. The molecule has 1 aliphatic heterocycles. The van der Waals surface area contributed by atoms with Crippen molar-refractivity contribution in [3.63, 3.8) is 0 Å². The van der Waals surface area contributed by atoms with Crippen LogP contribution in [0.4, 0.5) is 10.5 Å². The number of aryl methyl sites for hydroxylation is 1. The second-order valence-corrected chi connectivity index (χ2v) is 7.68. The van der Waals surface area contributed by atoms with Gasteiger partial charge in [-0.2, -0.15) is 0 Å². The van der Waals surface area contributed by atoms with Crippen LogP contribution in [-0.2, 0) is 16.2 Å². The van der Waals surface area contributed by atoms with Gasteiger partial charge >= 0.3 is 6.03 Å². The summed E-state index contributed by atoms with van der Waals surface area (Å²) >= 11 is 5.90. The van der Waals surface area contributed by atoms with Gasteiger partial charge in [-0.1, -0.05) is 59.6 Å². The van der Waals surface area contributed by atoms with E-state index >= 15 is 0 Å². The van der Waals surface area contributed by atoms with Gasteiger partial charge in [-0.15, -0.1) is 0 Å². The van der Waals surface area contributed by atoms with Crippen LogP contribution in [-0.4, -0.2) is 17.8 Å². The number of ether oxygens (including phenoxy) is 1. The van der Waals surface area contributed by atoms with Crippen molar-refractivity contribution in [2.75, 3.05) is 4.90 Å². The van der Waals surface area contributed by atoms with Crippen molar-refractivity contribution in [1.82, 2.24) is 5.32 Å². The van der Waals surface area contributed by atoms with Gasteiger partial charge in [0.1, 0.15) is 17.9 Å². The molecule has 0 aromatic heterocycles. The Morgan fingerprint density at radius 3 is 2.34 bits per heavy atom. The van der Waals surface area contributed by atoms with E-state index in [2.05, 4.69) is 5.32 Å². The molecule has 160 valence electrons. The first-order valence-electron chi connectivity index (χ1n) is 9.87.